The van der Waals surface area contributed by atoms with Crippen molar-refractivity contribution in [3.05, 3.63) is 29.8 Å². The number of aliphatic imine (C=N–C) groups is 1. The fourth-order valence-electron chi connectivity index (χ4n) is 0.902. The highest BCUT2D eigenvalue weighted by Crippen LogP contribution is 2.07. The maximum atomic E-state index is 10.9. The zero-order valence-electron chi connectivity index (χ0n) is 7.88. The quantitative estimate of drug-likeness (QED) is 0.547. The Kier molecular flexibility index (Phi) is 3.56. The monoisotopic (exact) mass is 206 g/mol. The van der Waals surface area contributed by atoms with E-state index in [9.17, 15) is 9.59 Å². The number of nitrogens with two attached hydrogens (primary N) is 1. The average Bonchev–Trinajstić information content (AvgIpc) is 2.16. The highest BCUT2D eigenvalue weighted by Gasteiger charge is 2.02. The first-order valence-corrected chi connectivity index (χ1v) is 4.22. The van der Waals surface area contributed by atoms with Crippen molar-refractivity contribution in [2.75, 3.05) is 0 Å². The molecule has 2 amide bonds. The van der Waals surface area contributed by atoms with Crippen LogP contribution in [0, 0.1) is 0 Å². The molecule has 0 aromatic heterocycles. The van der Waals surface area contributed by atoms with E-state index in [-0.39, 0.29) is 5.75 Å². The van der Waals surface area contributed by atoms with Crippen LogP contribution in [0.2, 0.25) is 0 Å². The number of carbonyl (C=O) groups is 2. The lowest BCUT2D eigenvalue weighted by Gasteiger charge is -1.93. The molecule has 3 N–H and O–H groups in total. The van der Waals surface area contributed by atoms with Gasteiger partial charge >= 0.3 is 0 Å². The van der Waals surface area contributed by atoms with Crippen LogP contribution in [0.15, 0.2) is 29.3 Å². The van der Waals surface area contributed by atoms with Crippen molar-refractivity contribution in [2.24, 2.45) is 10.7 Å². The van der Waals surface area contributed by atoms with Crippen LogP contribution >= 0.6 is 0 Å². The fraction of sp³-hybridized carbons (Fsp3) is 0.100. The molecule has 0 heterocycles. The van der Waals surface area contributed by atoms with E-state index >= 15 is 0 Å². The van der Waals surface area contributed by atoms with Crippen LogP contribution in [0.5, 0.6) is 5.75 Å². The van der Waals surface area contributed by atoms with Crippen LogP contribution < -0.4 is 5.73 Å². The Morgan fingerprint density at radius 1 is 1.33 bits per heavy atom. The van der Waals surface area contributed by atoms with E-state index < -0.39 is 18.2 Å². The van der Waals surface area contributed by atoms with E-state index in [2.05, 4.69) is 4.99 Å². The molecule has 0 aliphatic rings. The summed E-state index contributed by atoms with van der Waals surface area (Å²) in [5.74, 6) is -1.16. The lowest BCUT2D eigenvalue weighted by Crippen LogP contribution is -2.14. The van der Waals surface area contributed by atoms with Gasteiger partial charge in [-0.3, -0.25) is 9.59 Å². The van der Waals surface area contributed by atoms with Gasteiger partial charge in [0.1, 0.15) is 12.2 Å². The second-order valence-corrected chi connectivity index (χ2v) is 2.89. The summed E-state index contributed by atoms with van der Waals surface area (Å²) >= 11 is 0. The van der Waals surface area contributed by atoms with Gasteiger partial charge in [0.05, 0.1) is 0 Å². The molecule has 1 aromatic rings. The van der Waals surface area contributed by atoms with Crippen LogP contribution in [-0.2, 0) is 9.59 Å². The molecule has 0 aliphatic carbocycles. The second kappa shape index (κ2) is 4.90. The number of nitrogens with zero attached hydrogens (tertiary/aromatic N) is 1. The van der Waals surface area contributed by atoms with Crippen molar-refractivity contribution in [2.45, 2.75) is 6.42 Å². The molecule has 0 spiro atoms. The second-order valence-electron chi connectivity index (χ2n) is 2.89. The Hall–Kier alpha value is -2.17. The molecule has 0 saturated carbocycles. The van der Waals surface area contributed by atoms with E-state index in [4.69, 9.17) is 10.8 Å². The zero-order valence-corrected chi connectivity index (χ0v) is 7.88. The molecule has 1 rings (SSSR count). The zero-order chi connectivity index (χ0) is 11.3. The standard InChI is InChI=1S/C10H10N2O3/c11-9(14)5-10(15)12-6-7-1-3-8(13)4-2-7/h1-4,6,13H,5H2,(H2,11,14). The van der Waals surface area contributed by atoms with E-state index in [0.717, 1.165) is 0 Å². The van der Waals surface area contributed by atoms with Crippen LogP contribution in [0.3, 0.4) is 0 Å². The Balaban J connectivity index is 2.61. The van der Waals surface area contributed by atoms with Gasteiger partial charge < -0.3 is 10.8 Å². The third-order valence-corrected chi connectivity index (χ3v) is 1.58. The Labute approximate surface area is 86.2 Å². The van der Waals surface area contributed by atoms with Crippen LogP contribution in [-0.4, -0.2) is 23.1 Å². The normalized spacial score (nSPS) is 10.4. The SMILES string of the molecule is NC(=O)CC(=O)N=Cc1ccc(O)cc1. The summed E-state index contributed by atoms with van der Waals surface area (Å²) in [6, 6.07) is 6.13. The molecular formula is C10H10N2O3. The van der Waals surface area contributed by atoms with Gasteiger partial charge in [-0.05, 0) is 29.8 Å². The average molecular weight is 206 g/mol. The molecule has 0 radical (unpaired) electrons. The Bertz CT molecular complexity index is 396. The molecular weight excluding hydrogens is 196 g/mol. The summed E-state index contributed by atoms with van der Waals surface area (Å²) in [4.78, 5) is 24.8. The van der Waals surface area contributed by atoms with Crippen molar-refractivity contribution >= 4 is 18.0 Å². The van der Waals surface area contributed by atoms with E-state index in [1.165, 1.54) is 18.3 Å². The van der Waals surface area contributed by atoms with Gasteiger partial charge in [-0.1, -0.05) is 0 Å². The Morgan fingerprint density at radius 3 is 2.47 bits per heavy atom. The number of phenols is 1. The summed E-state index contributed by atoms with van der Waals surface area (Å²) in [6.07, 6.45) is 0.916. The third kappa shape index (κ3) is 4.04. The molecule has 5 nitrogen and oxygen atoms in total. The first-order chi connectivity index (χ1) is 7.08. The van der Waals surface area contributed by atoms with Gasteiger partial charge in [0.25, 0.3) is 5.91 Å². The number of phenolic OH excluding ortho intramolecular Hbond substituents is 1. The van der Waals surface area contributed by atoms with Gasteiger partial charge in [-0.25, -0.2) is 4.99 Å². The predicted octanol–water partition coefficient (Wildman–Crippen LogP) is 0.213. The number of hydrogen-bond donors (Lipinski definition) is 2. The number of carbonyl (C=O) groups excluding carboxylic acids is 2. The van der Waals surface area contributed by atoms with E-state index in [0.29, 0.717) is 5.56 Å². The topological polar surface area (TPSA) is 92.8 Å². The molecule has 0 saturated heterocycles. The molecule has 0 fully saturated rings. The molecule has 0 unspecified atom stereocenters. The van der Waals surface area contributed by atoms with Crippen molar-refractivity contribution in [3.63, 3.8) is 0 Å². The van der Waals surface area contributed by atoms with E-state index in [1.54, 1.807) is 12.1 Å². The summed E-state index contributed by atoms with van der Waals surface area (Å²) < 4.78 is 0. The minimum Gasteiger partial charge on any atom is -0.508 e. The number of hydrogen-bond acceptors (Lipinski definition) is 3. The summed E-state index contributed by atoms with van der Waals surface area (Å²) in [5.41, 5.74) is 5.47. The minimum absolute atomic E-state index is 0.135. The molecule has 5 heteroatoms. The molecule has 78 valence electrons. The van der Waals surface area contributed by atoms with Crippen LogP contribution in [0.4, 0.5) is 0 Å². The van der Waals surface area contributed by atoms with Gasteiger partial charge in [0.15, 0.2) is 0 Å². The summed E-state index contributed by atoms with van der Waals surface area (Å²) in [7, 11) is 0. The van der Waals surface area contributed by atoms with Crippen molar-refractivity contribution in [1.82, 2.24) is 0 Å². The lowest BCUT2D eigenvalue weighted by molar-refractivity contribution is -0.125. The van der Waals surface area contributed by atoms with Gasteiger partial charge in [-0.2, -0.15) is 0 Å². The van der Waals surface area contributed by atoms with Crippen LogP contribution in [0.1, 0.15) is 12.0 Å². The number of amides is 2. The van der Waals surface area contributed by atoms with Gasteiger partial charge in [0.2, 0.25) is 5.91 Å². The van der Waals surface area contributed by atoms with Crippen molar-refractivity contribution in [1.29, 1.82) is 0 Å². The maximum Gasteiger partial charge on any atom is 0.255 e. The summed E-state index contributed by atoms with van der Waals surface area (Å²) in [6.45, 7) is 0. The molecule has 0 atom stereocenters. The number of rotatable bonds is 3. The minimum atomic E-state index is -0.706. The highest BCUT2D eigenvalue weighted by molar-refractivity contribution is 6.01. The fourth-order valence-corrected chi connectivity index (χ4v) is 0.902. The lowest BCUT2D eigenvalue weighted by atomic mass is 10.2. The first-order valence-electron chi connectivity index (χ1n) is 4.22. The smallest absolute Gasteiger partial charge is 0.255 e. The highest BCUT2D eigenvalue weighted by atomic mass is 16.3. The summed E-state index contributed by atoms with van der Waals surface area (Å²) in [5, 5.41) is 8.98. The molecule has 15 heavy (non-hydrogen) atoms. The van der Waals surface area contributed by atoms with Gasteiger partial charge in [-0.15, -0.1) is 0 Å². The molecule has 0 aliphatic heterocycles. The third-order valence-electron chi connectivity index (χ3n) is 1.58. The van der Waals surface area contributed by atoms with Crippen LogP contribution in [0.25, 0.3) is 0 Å². The largest absolute Gasteiger partial charge is 0.508 e. The Morgan fingerprint density at radius 2 is 1.93 bits per heavy atom. The van der Waals surface area contributed by atoms with E-state index in [1.807, 2.05) is 0 Å². The number of primary amides is 1. The number of benzene rings is 1. The van der Waals surface area contributed by atoms with Gasteiger partial charge in [0, 0.05) is 6.21 Å². The number of aromatic hydroxyl groups is 1. The maximum absolute atomic E-state index is 10.9. The first kappa shape index (κ1) is 10.9. The predicted molar refractivity (Wildman–Crippen MR) is 54.5 cm³/mol. The molecule has 0 bridgehead atoms. The van der Waals surface area contributed by atoms with Crippen molar-refractivity contribution < 1.29 is 14.7 Å². The van der Waals surface area contributed by atoms with Crippen molar-refractivity contribution in [3.8, 4) is 5.75 Å². The molecule has 1 aromatic carbocycles.